The molecule has 0 saturated carbocycles. The summed E-state index contributed by atoms with van der Waals surface area (Å²) in [6, 6.07) is 82.1. The fourth-order valence-electron chi connectivity index (χ4n) is 12.5. The van der Waals surface area contributed by atoms with Gasteiger partial charge in [-0.3, -0.25) is 0 Å². The number of anilines is 3. The molecule has 71 heavy (non-hydrogen) atoms. The van der Waals surface area contributed by atoms with Gasteiger partial charge in [0.1, 0.15) is 0 Å². The predicted molar refractivity (Wildman–Crippen MR) is 297 cm³/mol. The first-order chi connectivity index (χ1) is 35.2. The smallest absolute Gasteiger partial charge is 0.0727 e. The van der Waals surface area contributed by atoms with E-state index in [1.165, 1.54) is 94.5 Å². The van der Waals surface area contributed by atoms with Gasteiger partial charge in [-0.1, -0.05) is 206 Å². The lowest BCUT2D eigenvalue weighted by atomic mass is 9.70. The van der Waals surface area contributed by atoms with Gasteiger partial charge in [-0.25, -0.2) is 0 Å². The molecular formula is C69H50N2. The molecule has 1 aromatic heterocycles. The molecule has 4 aliphatic carbocycles. The topological polar surface area (TPSA) is 8.17 Å². The largest absolute Gasteiger partial charge is 0.310 e. The number of nitrogens with zero attached hydrogens (tertiary/aromatic N) is 2. The third kappa shape index (κ3) is 6.48. The molecule has 9 aromatic carbocycles. The number of benzene rings is 9. The number of fused-ring (bicyclic) bond motifs is 11. The number of hydrogen-bond donors (Lipinski definition) is 0. The summed E-state index contributed by atoms with van der Waals surface area (Å²) in [6.07, 6.45) is 18.9. The van der Waals surface area contributed by atoms with Crippen LogP contribution >= 0.6 is 0 Å². The molecule has 0 N–H and O–H groups in total. The zero-order chi connectivity index (χ0) is 46.9. The molecule has 0 bridgehead atoms. The van der Waals surface area contributed by atoms with Crippen molar-refractivity contribution in [3.05, 3.63) is 294 Å². The minimum atomic E-state index is -0.577. The molecule has 0 saturated heterocycles. The van der Waals surface area contributed by atoms with Crippen LogP contribution in [-0.2, 0) is 5.41 Å². The monoisotopic (exact) mass is 906 g/mol. The Morgan fingerprint density at radius 1 is 0.451 bits per heavy atom. The van der Waals surface area contributed by atoms with Gasteiger partial charge < -0.3 is 9.47 Å². The molecule has 0 fully saturated rings. The summed E-state index contributed by atoms with van der Waals surface area (Å²) < 4.78 is 2.55. The molecule has 0 aliphatic heterocycles. The van der Waals surface area contributed by atoms with Crippen molar-refractivity contribution in [2.24, 2.45) is 0 Å². The summed E-state index contributed by atoms with van der Waals surface area (Å²) in [4.78, 5) is 2.46. The van der Waals surface area contributed by atoms with E-state index >= 15 is 0 Å². The molecule has 1 heterocycles. The van der Waals surface area contributed by atoms with Crippen molar-refractivity contribution in [3.8, 4) is 50.3 Å². The molecule has 1 unspecified atom stereocenters. The van der Waals surface area contributed by atoms with Crippen molar-refractivity contribution in [2.75, 3.05) is 4.90 Å². The highest BCUT2D eigenvalue weighted by molar-refractivity contribution is 6.03. The van der Waals surface area contributed by atoms with Crippen LogP contribution in [0.5, 0.6) is 0 Å². The van der Waals surface area contributed by atoms with Crippen LogP contribution in [0.25, 0.3) is 66.8 Å². The predicted octanol–water partition coefficient (Wildman–Crippen LogP) is 18.1. The quantitative estimate of drug-likeness (QED) is 0.147. The summed E-state index contributed by atoms with van der Waals surface area (Å²) >= 11 is 0. The van der Waals surface area contributed by atoms with Gasteiger partial charge in [0.25, 0.3) is 0 Å². The first-order valence-corrected chi connectivity index (χ1v) is 25.2. The fraction of sp³-hybridized carbons (Fsp3) is 0.0725. The Kier molecular flexibility index (Phi) is 9.74. The fourth-order valence-corrected chi connectivity index (χ4v) is 12.5. The second-order valence-electron chi connectivity index (χ2n) is 19.4. The van der Waals surface area contributed by atoms with E-state index in [1.807, 2.05) is 0 Å². The number of aromatic nitrogens is 1. The SMILES string of the molecule is C1=CCCC(c2c(-c3ccccc3)n(-c3ccc4c(c3)C3(c5ccccc5-c5ccccc53)c3cc(N(c5ccc(-c6ccccc6)cc5)c5ccc(C6C=CC=CC6)cc5)ccc3-4)c3ccccc23)=C1. The van der Waals surface area contributed by atoms with Crippen LogP contribution in [0.2, 0.25) is 0 Å². The Hall–Kier alpha value is -8.72. The van der Waals surface area contributed by atoms with Gasteiger partial charge in [-0.2, -0.15) is 0 Å². The van der Waals surface area contributed by atoms with Crippen molar-refractivity contribution in [1.82, 2.24) is 4.57 Å². The molecule has 336 valence electrons. The first kappa shape index (κ1) is 41.3. The lowest BCUT2D eigenvalue weighted by Crippen LogP contribution is -2.26. The molecule has 1 spiro atoms. The van der Waals surface area contributed by atoms with Crippen molar-refractivity contribution in [2.45, 2.75) is 30.6 Å². The highest BCUT2D eigenvalue weighted by atomic mass is 15.1. The Morgan fingerprint density at radius 2 is 1.04 bits per heavy atom. The zero-order valence-electron chi connectivity index (χ0n) is 39.4. The minimum Gasteiger partial charge on any atom is -0.310 e. The molecule has 0 amide bonds. The van der Waals surface area contributed by atoms with Gasteiger partial charge in [0.15, 0.2) is 0 Å². The second kappa shape index (κ2) is 16.8. The van der Waals surface area contributed by atoms with E-state index in [0.29, 0.717) is 5.92 Å². The summed E-state index contributed by atoms with van der Waals surface area (Å²) in [5, 5.41) is 1.28. The molecule has 10 aromatic rings. The summed E-state index contributed by atoms with van der Waals surface area (Å²) in [6.45, 7) is 0. The number of hydrogen-bond acceptors (Lipinski definition) is 1. The molecule has 2 nitrogen and oxygen atoms in total. The van der Waals surface area contributed by atoms with Gasteiger partial charge >= 0.3 is 0 Å². The Labute approximate surface area is 416 Å². The van der Waals surface area contributed by atoms with Crippen LogP contribution < -0.4 is 4.90 Å². The second-order valence-corrected chi connectivity index (χ2v) is 19.4. The lowest BCUT2D eigenvalue weighted by Gasteiger charge is -2.32. The van der Waals surface area contributed by atoms with E-state index in [2.05, 4.69) is 270 Å². The molecule has 14 rings (SSSR count). The Balaban J connectivity index is 0.999. The molecule has 1 atom stereocenters. The van der Waals surface area contributed by atoms with Gasteiger partial charge in [0, 0.05) is 39.6 Å². The van der Waals surface area contributed by atoms with Gasteiger partial charge in [-0.05, 0) is 146 Å². The first-order valence-electron chi connectivity index (χ1n) is 25.2. The van der Waals surface area contributed by atoms with Crippen LogP contribution in [0.3, 0.4) is 0 Å². The maximum atomic E-state index is 2.55. The molecule has 2 heteroatoms. The van der Waals surface area contributed by atoms with E-state index in [1.54, 1.807) is 0 Å². The lowest BCUT2D eigenvalue weighted by molar-refractivity contribution is 0.792. The van der Waals surface area contributed by atoms with Crippen LogP contribution in [0.1, 0.15) is 58.6 Å². The minimum absolute atomic E-state index is 0.375. The van der Waals surface area contributed by atoms with Gasteiger partial charge in [-0.15, -0.1) is 0 Å². The maximum absolute atomic E-state index is 2.55. The Bertz CT molecular complexity index is 3780. The molecule has 0 radical (unpaired) electrons. The average molecular weight is 907 g/mol. The summed E-state index contributed by atoms with van der Waals surface area (Å²) in [5.41, 5.74) is 24.5. The van der Waals surface area contributed by atoms with Crippen molar-refractivity contribution in [3.63, 3.8) is 0 Å². The van der Waals surface area contributed by atoms with E-state index in [-0.39, 0.29) is 0 Å². The standard InChI is InChI=1S/C69H50N2/c1-5-19-47(20-6-1)49-33-37-53(38-34-49)70(54-39-35-50(36-40-54)48-21-7-2-8-22-48)55-41-43-59-60-44-42-56(46-65(60)69(64(59)45-55)62-30-16-13-27-57(62)58-28-14-17-31-63(58)69)71-66-32-18-15-29-61(66)67(51-23-9-3-10-24-51)68(71)52-25-11-4-12-26-52/h1-9,11-21,23,25-46,48H,10,22,24H2. The zero-order valence-corrected chi connectivity index (χ0v) is 39.4. The third-order valence-electron chi connectivity index (χ3n) is 15.6. The third-order valence-corrected chi connectivity index (χ3v) is 15.6. The highest BCUT2D eigenvalue weighted by Gasteiger charge is 2.52. The maximum Gasteiger partial charge on any atom is 0.0727 e. The highest BCUT2D eigenvalue weighted by Crippen LogP contribution is 2.64. The summed E-state index contributed by atoms with van der Waals surface area (Å²) in [7, 11) is 0. The summed E-state index contributed by atoms with van der Waals surface area (Å²) in [5.74, 6) is 0.375. The van der Waals surface area contributed by atoms with Gasteiger partial charge in [0.2, 0.25) is 0 Å². The van der Waals surface area contributed by atoms with Crippen LogP contribution in [0.4, 0.5) is 17.1 Å². The van der Waals surface area contributed by atoms with Crippen molar-refractivity contribution < 1.29 is 0 Å². The van der Waals surface area contributed by atoms with E-state index in [9.17, 15) is 0 Å². The molecular weight excluding hydrogens is 857 g/mol. The van der Waals surface area contributed by atoms with Crippen LogP contribution in [0, 0.1) is 0 Å². The number of rotatable bonds is 8. The van der Waals surface area contributed by atoms with Crippen molar-refractivity contribution in [1.29, 1.82) is 0 Å². The van der Waals surface area contributed by atoms with Crippen LogP contribution in [-0.4, -0.2) is 4.57 Å². The number of para-hydroxylation sites is 1. The number of allylic oxidation sites excluding steroid dienone is 8. The Morgan fingerprint density at radius 3 is 1.73 bits per heavy atom. The van der Waals surface area contributed by atoms with E-state index < -0.39 is 5.41 Å². The van der Waals surface area contributed by atoms with E-state index in [4.69, 9.17) is 0 Å². The van der Waals surface area contributed by atoms with Crippen molar-refractivity contribution >= 4 is 33.5 Å². The van der Waals surface area contributed by atoms with E-state index in [0.717, 1.165) is 42.0 Å². The van der Waals surface area contributed by atoms with Gasteiger partial charge in [0.05, 0.1) is 16.6 Å². The average Bonchev–Trinajstić information content (AvgIpc) is 4.07. The molecule has 4 aliphatic rings. The van der Waals surface area contributed by atoms with Crippen LogP contribution in [0.15, 0.2) is 261 Å². The normalized spacial score (nSPS) is 15.6.